The molecule has 1 saturated carbocycles. The van der Waals surface area contributed by atoms with Crippen molar-refractivity contribution in [1.82, 2.24) is 4.90 Å². The van der Waals surface area contributed by atoms with E-state index in [4.69, 9.17) is 5.73 Å². The van der Waals surface area contributed by atoms with Gasteiger partial charge in [-0.25, -0.2) is 0 Å². The van der Waals surface area contributed by atoms with E-state index in [9.17, 15) is 0 Å². The maximum Gasteiger partial charge on any atom is 0.0246 e. The smallest absolute Gasteiger partial charge is 0.0246 e. The molecule has 0 radical (unpaired) electrons. The molecule has 2 rings (SSSR count). The largest absolute Gasteiger partial charge is 0.329 e. The maximum absolute atomic E-state index is 6.14. The van der Waals surface area contributed by atoms with Crippen molar-refractivity contribution in [3.8, 4) is 0 Å². The lowest BCUT2D eigenvalue weighted by atomic mass is 9.84. The molecule has 2 aliphatic rings. The first kappa shape index (κ1) is 15.3. The first-order chi connectivity index (χ1) is 9.22. The highest BCUT2D eigenvalue weighted by Gasteiger charge is 2.30. The molecule has 0 spiro atoms. The van der Waals surface area contributed by atoms with Crippen molar-refractivity contribution >= 4 is 0 Å². The molecule has 0 aromatic rings. The highest BCUT2D eigenvalue weighted by atomic mass is 15.2. The molecular formula is C17H34N2. The van der Waals surface area contributed by atoms with Crippen LogP contribution in [0.4, 0.5) is 0 Å². The fraction of sp³-hybridized carbons (Fsp3) is 1.00. The van der Waals surface area contributed by atoms with Gasteiger partial charge < -0.3 is 5.73 Å². The summed E-state index contributed by atoms with van der Waals surface area (Å²) in [7, 11) is 0. The lowest BCUT2D eigenvalue weighted by Crippen LogP contribution is -2.49. The third-order valence-electron chi connectivity index (χ3n) is 5.67. The van der Waals surface area contributed by atoms with Crippen LogP contribution in [0.2, 0.25) is 0 Å². The molecule has 1 aliphatic heterocycles. The summed E-state index contributed by atoms with van der Waals surface area (Å²) in [5.74, 6) is 2.68. The van der Waals surface area contributed by atoms with Crippen molar-refractivity contribution in [2.75, 3.05) is 19.6 Å². The average Bonchev–Trinajstić information content (AvgIpc) is 2.69. The molecule has 2 fully saturated rings. The van der Waals surface area contributed by atoms with Crippen LogP contribution in [0.3, 0.4) is 0 Å². The number of piperidine rings is 1. The summed E-state index contributed by atoms with van der Waals surface area (Å²) in [6.45, 7) is 8.22. The van der Waals surface area contributed by atoms with E-state index in [0.29, 0.717) is 6.04 Å². The van der Waals surface area contributed by atoms with Crippen molar-refractivity contribution in [1.29, 1.82) is 0 Å². The zero-order valence-corrected chi connectivity index (χ0v) is 13.1. The third kappa shape index (κ3) is 4.19. The summed E-state index contributed by atoms with van der Waals surface area (Å²) in [4.78, 5) is 2.73. The average molecular weight is 266 g/mol. The van der Waals surface area contributed by atoms with E-state index in [1.165, 1.54) is 64.5 Å². The van der Waals surface area contributed by atoms with Crippen LogP contribution in [0.5, 0.6) is 0 Å². The van der Waals surface area contributed by atoms with Gasteiger partial charge in [-0.15, -0.1) is 0 Å². The fourth-order valence-corrected chi connectivity index (χ4v) is 4.25. The highest BCUT2D eigenvalue weighted by Crippen LogP contribution is 2.31. The minimum atomic E-state index is 0.672. The van der Waals surface area contributed by atoms with Gasteiger partial charge in [0, 0.05) is 12.6 Å². The van der Waals surface area contributed by atoms with Gasteiger partial charge >= 0.3 is 0 Å². The lowest BCUT2D eigenvalue weighted by Gasteiger charge is -2.41. The van der Waals surface area contributed by atoms with E-state index >= 15 is 0 Å². The van der Waals surface area contributed by atoms with Crippen LogP contribution in [-0.4, -0.2) is 30.6 Å². The maximum atomic E-state index is 6.14. The van der Waals surface area contributed by atoms with Crippen molar-refractivity contribution < 1.29 is 0 Å². The molecule has 1 saturated heterocycles. The van der Waals surface area contributed by atoms with E-state index in [-0.39, 0.29) is 0 Å². The van der Waals surface area contributed by atoms with E-state index in [1.54, 1.807) is 0 Å². The second kappa shape index (κ2) is 7.64. The standard InChI is InChI=1S/C17H34N2/c1-14(2)15-9-11-19(12-10-15)17(13-18)16-7-5-3-4-6-8-16/h14-17H,3-13,18H2,1-2H3. The Kier molecular flexibility index (Phi) is 6.15. The van der Waals surface area contributed by atoms with Crippen molar-refractivity contribution in [3.05, 3.63) is 0 Å². The topological polar surface area (TPSA) is 29.3 Å². The van der Waals surface area contributed by atoms with Crippen LogP contribution in [0.1, 0.15) is 65.2 Å². The van der Waals surface area contributed by atoms with Gasteiger partial charge in [-0.1, -0.05) is 39.5 Å². The Morgan fingerprint density at radius 2 is 1.47 bits per heavy atom. The van der Waals surface area contributed by atoms with Crippen LogP contribution in [0.25, 0.3) is 0 Å². The highest BCUT2D eigenvalue weighted by molar-refractivity contribution is 4.85. The molecule has 1 unspecified atom stereocenters. The van der Waals surface area contributed by atoms with E-state index < -0.39 is 0 Å². The molecule has 0 bridgehead atoms. The fourth-order valence-electron chi connectivity index (χ4n) is 4.25. The minimum Gasteiger partial charge on any atom is -0.329 e. The first-order valence-corrected chi connectivity index (χ1v) is 8.66. The van der Waals surface area contributed by atoms with E-state index in [1.807, 2.05) is 0 Å². The number of hydrogen-bond acceptors (Lipinski definition) is 2. The summed E-state index contributed by atoms with van der Waals surface area (Å²) < 4.78 is 0. The lowest BCUT2D eigenvalue weighted by molar-refractivity contribution is 0.0809. The molecule has 2 nitrogen and oxygen atoms in total. The zero-order valence-electron chi connectivity index (χ0n) is 13.1. The second-order valence-electron chi connectivity index (χ2n) is 7.17. The van der Waals surface area contributed by atoms with Gasteiger partial charge in [0.1, 0.15) is 0 Å². The first-order valence-electron chi connectivity index (χ1n) is 8.66. The molecule has 112 valence electrons. The third-order valence-corrected chi connectivity index (χ3v) is 5.67. The van der Waals surface area contributed by atoms with E-state index in [0.717, 1.165) is 24.3 Å². The van der Waals surface area contributed by atoms with Crippen LogP contribution < -0.4 is 5.73 Å². The van der Waals surface area contributed by atoms with Gasteiger partial charge in [-0.2, -0.15) is 0 Å². The number of rotatable bonds is 4. The van der Waals surface area contributed by atoms with Crippen LogP contribution >= 0.6 is 0 Å². The quantitative estimate of drug-likeness (QED) is 0.787. The van der Waals surface area contributed by atoms with Gasteiger partial charge in [0.25, 0.3) is 0 Å². The molecule has 1 heterocycles. The predicted octanol–water partition coefficient (Wildman–Crippen LogP) is 3.65. The van der Waals surface area contributed by atoms with Crippen LogP contribution in [0.15, 0.2) is 0 Å². The van der Waals surface area contributed by atoms with Gasteiger partial charge in [-0.05, 0) is 56.5 Å². The predicted molar refractivity (Wildman–Crippen MR) is 83.2 cm³/mol. The molecule has 0 aromatic carbocycles. The molecular weight excluding hydrogens is 232 g/mol. The summed E-state index contributed by atoms with van der Waals surface area (Å²) in [5.41, 5.74) is 6.14. The molecule has 2 heteroatoms. The van der Waals surface area contributed by atoms with Gasteiger partial charge in [0.15, 0.2) is 0 Å². The Labute approximate surface area is 120 Å². The Morgan fingerprint density at radius 3 is 1.95 bits per heavy atom. The van der Waals surface area contributed by atoms with Crippen LogP contribution in [-0.2, 0) is 0 Å². The summed E-state index contributed by atoms with van der Waals surface area (Å²) in [6, 6.07) is 0.672. The zero-order chi connectivity index (χ0) is 13.7. The monoisotopic (exact) mass is 266 g/mol. The van der Waals surface area contributed by atoms with Crippen LogP contribution in [0, 0.1) is 17.8 Å². The van der Waals surface area contributed by atoms with Gasteiger partial charge in [0.2, 0.25) is 0 Å². The second-order valence-corrected chi connectivity index (χ2v) is 7.17. The number of likely N-dealkylation sites (tertiary alicyclic amines) is 1. The molecule has 0 aromatic heterocycles. The Bertz CT molecular complexity index is 236. The van der Waals surface area contributed by atoms with Crippen molar-refractivity contribution in [2.24, 2.45) is 23.5 Å². The molecule has 19 heavy (non-hydrogen) atoms. The minimum absolute atomic E-state index is 0.672. The number of nitrogens with two attached hydrogens (primary N) is 1. The Hall–Kier alpha value is -0.0800. The Balaban J connectivity index is 1.87. The van der Waals surface area contributed by atoms with Gasteiger partial charge in [0.05, 0.1) is 0 Å². The summed E-state index contributed by atoms with van der Waals surface area (Å²) in [6.07, 6.45) is 11.4. The van der Waals surface area contributed by atoms with E-state index in [2.05, 4.69) is 18.7 Å². The normalized spacial score (nSPS) is 26.5. The van der Waals surface area contributed by atoms with Gasteiger partial charge in [-0.3, -0.25) is 4.90 Å². The SMILES string of the molecule is CC(C)C1CCN(C(CN)C2CCCCCC2)CC1. The van der Waals surface area contributed by atoms with Crippen molar-refractivity contribution in [2.45, 2.75) is 71.3 Å². The molecule has 2 N–H and O–H groups in total. The molecule has 1 atom stereocenters. The number of hydrogen-bond donors (Lipinski definition) is 1. The summed E-state index contributed by atoms with van der Waals surface area (Å²) in [5, 5.41) is 0. The van der Waals surface area contributed by atoms with Crippen molar-refractivity contribution in [3.63, 3.8) is 0 Å². The number of nitrogens with zero attached hydrogens (tertiary/aromatic N) is 1. The Morgan fingerprint density at radius 1 is 0.895 bits per heavy atom. The summed E-state index contributed by atoms with van der Waals surface area (Å²) >= 11 is 0. The molecule has 0 amide bonds. The molecule has 1 aliphatic carbocycles.